The number of allylic oxidation sites excluding steroid dienone is 2. The van der Waals surface area contributed by atoms with Crippen molar-refractivity contribution >= 4 is 23.5 Å². The smallest absolute Gasteiger partial charge is 0.335 e. The van der Waals surface area contributed by atoms with Crippen molar-refractivity contribution in [3.8, 4) is 0 Å². The Morgan fingerprint density at radius 1 is 0.794 bits per heavy atom. The molecule has 2 N–H and O–H groups in total. The lowest BCUT2D eigenvalue weighted by Crippen LogP contribution is -2.24. The van der Waals surface area contributed by atoms with E-state index >= 15 is 0 Å². The molecule has 34 heavy (non-hydrogen) atoms. The van der Waals surface area contributed by atoms with Crippen LogP contribution in [0.15, 0.2) is 62.1 Å². The van der Waals surface area contributed by atoms with Gasteiger partial charge in [-0.05, 0) is 48.3 Å². The monoisotopic (exact) mass is 470 g/mol. The fraction of sp³-hybridized carbons (Fsp3) is 0.308. The molecule has 0 fully saturated rings. The van der Waals surface area contributed by atoms with Crippen LogP contribution in [-0.2, 0) is 19.1 Å². The minimum Gasteiger partial charge on any atom is -0.501 e. The van der Waals surface area contributed by atoms with Gasteiger partial charge in [0, 0.05) is 24.7 Å². The number of hydrogen-bond donors (Lipinski definition) is 2. The van der Waals surface area contributed by atoms with Gasteiger partial charge in [-0.3, -0.25) is 9.59 Å². The zero-order valence-corrected chi connectivity index (χ0v) is 19.5. The number of benzene rings is 1. The van der Waals surface area contributed by atoms with Crippen molar-refractivity contribution in [1.29, 1.82) is 0 Å². The van der Waals surface area contributed by atoms with Crippen molar-refractivity contribution in [1.82, 2.24) is 0 Å². The summed E-state index contributed by atoms with van der Waals surface area (Å²) < 4.78 is 10.6. The van der Waals surface area contributed by atoms with Gasteiger partial charge in [-0.25, -0.2) is 9.59 Å². The molecule has 0 saturated carbocycles. The third kappa shape index (κ3) is 7.30. The molecule has 0 radical (unpaired) electrons. The molecule has 182 valence electrons. The van der Waals surface area contributed by atoms with E-state index < -0.39 is 23.8 Å². The Morgan fingerprint density at radius 2 is 1.12 bits per heavy atom. The van der Waals surface area contributed by atoms with E-state index in [4.69, 9.17) is 9.47 Å². The number of carbonyl (C=O) groups is 4. The topological polar surface area (TPSA) is 127 Å². The summed E-state index contributed by atoms with van der Waals surface area (Å²) in [6, 6.07) is 2.34. The van der Waals surface area contributed by atoms with Crippen LogP contribution >= 0.6 is 0 Å². The Kier molecular flexibility index (Phi) is 10.7. The highest BCUT2D eigenvalue weighted by molar-refractivity contribution is 5.98. The third-order valence-electron chi connectivity index (χ3n) is 5.21. The van der Waals surface area contributed by atoms with Crippen LogP contribution in [0, 0.1) is 0 Å². The van der Waals surface area contributed by atoms with Gasteiger partial charge in [0.1, 0.15) is 0 Å². The summed E-state index contributed by atoms with van der Waals surface area (Å²) in [5.41, 5.74) is 0.241. The van der Waals surface area contributed by atoms with Gasteiger partial charge in [-0.15, -0.1) is 0 Å². The lowest BCUT2D eigenvalue weighted by molar-refractivity contribution is -0.117. The minimum atomic E-state index is -1.32. The number of hydrogen-bond acceptors (Lipinski definition) is 6. The van der Waals surface area contributed by atoms with Crippen molar-refractivity contribution in [2.45, 2.75) is 38.5 Å². The highest BCUT2D eigenvalue weighted by Crippen LogP contribution is 2.38. The summed E-state index contributed by atoms with van der Waals surface area (Å²) in [6.45, 7) is 17.0. The first kappa shape index (κ1) is 28.1. The van der Waals surface area contributed by atoms with Gasteiger partial charge in [-0.2, -0.15) is 0 Å². The average Bonchev–Trinajstić information content (AvgIpc) is 2.77. The van der Waals surface area contributed by atoms with Gasteiger partial charge in [0.15, 0.2) is 11.6 Å². The molecule has 0 aliphatic carbocycles. The first-order valence-electron chi connectivity index (χ1n) is 10.4. The number of carbonyl (C=O) groups excluding carboxylic acids is 2. The first-order chi connectivity index (χ1) is 16.0. The summed E-state index contributed by atoms with van der Waals surface area (Å²) in [7, 11) is 0. The van der Waals surface area contributed by atoms with Crippen LogP contribution in [0.4, 0.5) is 0 Å². The molecule has 0 amide bonds. The maximum Gasteiger partial charge on any atom is 0.335 e. The highest BCUT2D eigenvalue weighted by Gasteiger charge is 2.33. The van der Waals surface area contributed by atoms with E-state index in [0.29, 0.717) is 0 Å². The first-order valence-corrected chi connectivity index (χ1v) is 10.4. The maximum absolute atomic E-state index is 12.6. The molecule has 1 aromatic rings. The number of carboxylic acid groups (broad SMARTS) is 2. The molecular formula is C26H30O8. The number of carboxylic acids is 2. The van der Waals surface area contributed by atoms with Crippen molar-refractivity contribution in [2.75, 3.05) is 13.2 Å². The van der Waals surface area contributed by atoms with Crippen molar-refractivity contribution in [2.24, 2.45) is 0 Å². The molecule has 1 rings (SSSR count). The van der Waals surface area contributed by atoms with Crippen LogP contribution in [-0.4, -0.2) is 46.9 Å². The van der Waals surface area contributed by atoms with E-state index in [9.17, 15) is 29.4 Å². The Balaban J connectivity index is 4.00. The third-order valence-corrected chi connectivity index (χ3v) is 5.21. The molecule has 0 aliphatic rings. The second-order valence-corrected chi connectivity index (χ2v) is 7.81. The van der Waals surface area contributed by atoms with E-state index in [0.717, 1.165) is 12.5 Å². The molecule has 2 atom stereocenters. The number of rotatable bonds is 16. The summed E-state index contributed by atoms with van der Waals surface area (Å²) in [5.74, 6) is -5.08. The standard InChI is InChI=1S/C26H30O8/c1-7-33-13-17(11-21(27)15(3)4)23-19(25(29)30)9-10-20(26(31)32)24(23)18(14-34-8-2)12-22(28)16(5)6/h7-10,17-18H,1-3,5,11-14H2,4,6H3,(H,29,30)(H,31,32). The zero-order valence-electron chi connectivity index (χ0n) is 19.5. The summed E-state index contributed by atoms with van der Waals surface area (Å²) in [4.78, 5) is 49.5. The highest BCUT2D eigenvalue weighted by atomic mass is 16.5. The molecule has 8 nitrogen and oxygen atoms in total. The largest absolute Gasteiger partial charge is 0.501 e. The van der Waals surface area contributed by atoms with Gasteiger partial charge in [0.2, 0.25) is 0 Å². The molecule has 0 aliphatic heterocycles. The van der Waals surface area contributed by atoms with Crippen molar-refractivity contribution in [3.05, 3.63) is 84.4 Å². The summed E-state index contributed by atoms with van der Waals surface area (Å²) in [6.07, 6.45) is 1.90. The molecule has 1 aromatic carbocycles. The van der Waals surface area contributed by atoms with Gasteiger partial charge in [-0.1, -0.05) is 26.3 Å². The minimum absolute atomic E-state index is 0.0797. The number of Topliss-reactive ketones (excluding diaryl/α,β-unsaturated/α-hetero) is 2. The summed E-state index contributed by atoms with van der Waals surface area (Å²) >= 11 is 0. The van der Waals surface area contributed by atoms with Gasteiger partial charge < -0.3 is 19.7 Å². The predicted molar refractivity (Wildman–Crippen MR) is 127 cm³/mol. The van der Waals surface area contributed by atoms with Crippen LogP contribution in [0.2, 0.25) is 0 Å². The van der Waals surface area contributed by atoms with E-state index in [1.54, 1.807) is 0 Å². The summed E-state index contributed by atoms with van der Waals surface area (Å²) in [5, 5.41) is 19.9. The molecule has 0 aromatic heterocycles. The molecule has 8 heteroatoms. The van der Waals surface area contributed by atoms with Crippen LogP contribution in [0.1, 0.15) is 70.4 Å². The van der Waals surface area contributed by atoms with Crippen LogP contribution in [0.5, 0.6) is 0 Å². The van der Waals surface area contributed by atoms with Gasteiger partial charge in [0.25, 0.3) is 0 Å². The van der Waals surface area contributed by atoms with E-state index in [2.05, 4.69) is 26.3 Å². The molecule has 2 unspecified atom stereocenters. The second-order valence-electron chi connectivity index (χ2n) is 7.81. The average molecular weight is 471 g/mol. The molecule has 0 heterocycles. The van der Waals surface area contributed by atoms with E-state index in [1.165, 1.54) is 26.0 Å². The molecule has 0 bridgehead atoms. The predicted octanol–water partition coefficient (Wildman–Crippen LogP) is 4.64. The Hall–Kier alpha value is -3.94. The number of aromatic carboxylic acids is 2. The normalized spacial score (nSPS) is 12.1. The zero-order chi connectivity index (χ0) is 26.0. The van der Waals surface area contributed by atoms with Crippen LogP contribution < -0.4 is 0 Å². The molecule has 0 spiro atoms. The van der Waals surface area contributed by atoms with Crippen LogP contribution in [0.3, 0.4) is 0 Å². The fourth-order valence-electron chi connectivity index (χ4n) is 3.54. The second kappa shape index (κ2) is 12.9. The molecule has 0 saturated heterocycles. The Bertz CT molecular complexity index is 937. The molecular weight excluding hydrogens is 440 g/mol. The Morgan fingerprint density at radius 3 is 1.35 bits per heavy atom. The van der Waals surface area contributed by atoms with Crippen molar-refractivity contribution in [3.63, 3.8) is 0 Å². The van der Waals surface area contributed by atoms with E-state index in [-0.39, 0.29) is 71.0 Å². The lowest BCUT2D eigenvalue weighted by Gasteiger charge is -2.27. The fourth-order valence-corrected chi connectivity index (χ4v) is 3.54. The quantitative estimate of drug-likeness (QED) is 0.264. The lowest BCUT2D eigenvalue weighted by atomic mass is 9.78. The van der Waals surface area contributed by atoms with Crippen molar-refractivity contribution < 1.29 is 38.9 Å². The Labute approximate surface area is 198 Å². The number of ether oxygens (including phenoxy) is 2. The maximum atomic E-state index is 12.6. The van der Waals surface area contributed by atoms with Crippen LogP contribution in [0.25, 0.3) is 0 Å². The SMILES string of the molecule is C=COCC(CC(=O)C(=C)C)c1c(C(=O)O)ccc(C(=O)O)c1C(COC=C)CC(=O)C(=C)C. The van der Waals surface area contributed by atoms with Gasteiger partial charge in [0.05, 0.1) is 36.9 Å². The van der Waals surface area contributed by atoms with Gasteiger partial charge >= 0.3 is 11.9 Å². The number of ketones is 2. The van der Waals surface area contributed by atoms with E-state index in [1.807, 2.05) is 0 Å².